The van der Waals surface area contributed by atoms with Gasteiger partial charge in [0, 0.05) is 21.8 Å². The molecule has 62 valence electrons. The van der Waals surface area contributed by atoms with Crippen molar-refractivity contribution in [3.8, 4) is 0 Å². The minimum absolute atomic E-state index is 0.303. The molecule has 0 aliphatic rings. The highest BCUT2D eigenvalue weighted by Crippen LogP contribution is 1.97. The third-order valence-corrected chi connectivity index (χ3v) is 3.07. The molecule has 0 aliphatic heterocycles. The molecule has 1 unspecified atom stereocenters. The van der Waals surface area contributed by atoms with Gasteiger partial charge in [-0.15, -0.1) is 0 Å². The van der Waals surface area contributed by atoms with Gasteiger partial charge < -0.3 is 5.73 Å². The molecule has 2 nitrogen and oxygen atoms in total. The van der Waals surface area contributed by atoms with Gasteiger partial charge in [0.25, 0.3) is 0 Å². The van der Waals surface area contributed by atoms with E-state index in [0.29, 0.717) is 5.25 Å². The second-order valence-corrected chi connectivity index (χ2v) is 4.74. The zero-order chi connectivity index (χ0) is 7.98. The average Bonchev–Trinajstić information content (AvgIpc) is 1.88. The average molecular weight is 163 g/mol. The molecule has 0 radical (unpaired) electrons. The smallest absolute Gasteiger partial charge is 0.0291 e. The number of hydrogen-bond donors (Lipinski definition) is 1. The Kier molecular flexibility index (Phi) is 5.93. The molecule has 0 aromatic rings. The van der Waals surface area contributed by atoms with Crippen molar-refractivity contribution in [3.63, 3.8) is 0 Å². The highest BCUT2D eigenvalue weighted by atomic mass is 32.2. The van der Waals surface area contributed by atoms with Crippen LogP contribution in [0, 0.1) is 0 Å². The monoisotopic (exact) mass is 163 g/mol. The second-order valence-electron chi connectivity index (χ2n) is 2.63. The van der Waals surface area contributed by atoms with Gasteiger partial charge in [-0.3, -0.25) is 4.21 Å². The molecule has 0 aromatic carbocycles. The topological polar surface area (TPSA) is 43.1 Å². The van der Waals surface area contributed by atoms with Crippen molar-refractivity contribution in [2.45, 2.75) is 31.9 Å². The Labute approximate surface area is 65.6 Å². The first-order valence-electron chi connectivity index (χ1n) is 3.75. The standard InChI is InChI=1S/C7H17NOS/c1-7(2)10(9)6-4-3-5-8/h7H,3-6,8H2,1-2H3. The van der Waals surface area contributed by atoms with Gasteiger partial charge in [-0.25, -0.2) is 0 Å². The molecule has 1 atom stereocenters. The van der Waals surface area contributed by atoms with Gasteiger partial charge in [0.15, 0.2) is 0 Å². The van der Waals surface area contributed by atoms with Crippen LogP contribution in [0.5, 0.6) is 0 Å². The first kappa shape index (κ1) is 10.1. The van der Waals surface area contributed by atoms with Gasteiger partial charge >= 0.3 is 0 Å². The van der Waals surface area contributed by atoms with Crippen LogP contribution < -0.4 is 5.73 Å². The molecule has 0 aliphatic carbocycles. The van der Waals surface area contributed by atoms with Crippen LogP contribution >= 0.6 is 0 Å². The Bertz CT molecular complexity index is 104. The van der Waals surface area contributed by atoms with Gasteiger partial charge in [0.05, 0.1) is 0 Å². The van der Waals surface area contributed by atoms with Gasteiger partial charge in [-0.05, 0) is 19.4 Å². The van der Waals surface area contributed by atoms with E-state index < -0.39 is 10.8 Å². The summed E-state index contributed by atoms with van der Waals surface area (Å²) < 4.78 is 11.1. The summed E-state index contributed by atoms with van der Waals surface area (Å²) in [5, 5.41) is 0.303. The number of nitrogens with two attached hydrogens (primary N) is 1. The van der Waals surface area contributed by atoms with E-state index in [1.807, 2.05) is 13.8 Å². The Balaban J connectivity index is 3.22. The molecule has 10 heavy (non-hydrogen) atoms. The zero-order valence-corrected chi connectivity index (χ0v) is 7.62. The van der Waals surface area contributed by atoms with Crippen LogP contribution in [0.4, 0.5) is 0 Å². The number of rotatable bonds is 5. The highest BCUT2D eigenvalue weighted by molar-refractivity contribution is 7.85. The minimum Gasteiger partial charge on any atom is -0.330 e. The number of unbranched alkanes of at least 4 members (excludes halogenated alkanes) is 1. The maximum absolute atomic E-state index is 11.1. The van der Waals surface area contributed by atoms with E-state index in [1.54, 1.807) is 0 Å². The van der Waals surface area contributed by atoms with Crippen molar-refractivity contribution < 1.29 is 4.21 Å². The quantitative estimate of drug-likeness (QED) is 0.611. The Hall–Kier alpha value is 0.110. The summed E-state index contributed by atoms with van der Waals surface area (Å²) in [6.07, 6.45) is 2.00. The third-order valence-electron chi connectivity index (χ3n) is 1.33. The second kappa shape index (κ2) is 5.86. The van der Waals surface area contributed by atoms with Gasteiger partial charge in [0.2, 0.25) is 0 Å². The molecular formula is C7H17NOS. The van der Waals surface area contributed by atoms with Gasteiger partial charge in [0.1, 0.15) is 0 Å². The van der Waals surface area contributed by atoms with E-state index in [2.05, 4.69) is 0 Å². The molecule has 3 heteroatoms. The van der Waals surface area contributed by atoms with E-state index in [4.69, 9.17) is 5.73 Å². The lowest BCUT2D eigenvalue weighted by Crippen LogP contribution is -2.10. The maximum atomic E-state index is 11.1. The fourth-order valence-electron chi connectivity index (χ4n) is 0.624. The summed E-state index contributed by atoms with van der Waals surface area (Å²) in [4.78, 5) is 0. The fraction of sp³-hybridized carbons (Fsp3) is 1.00. The van der Waals surface area contributed by atoms with Crippen molar-refractivity contribution in [2.24, 2.45) is 5.73 Å². The molecule has 0 bridgehead atoms. The van der Waals surface area contributed by atoms with Crippen molar-refractivity contribution in [2.75, 3.05) is 12.3 Å². The lowest BCUT2D eigenvalue weighted by molar-refractivity contribution is 0.671. The third kappa shape index (κ3) is 4.94. The van der Waals surface area contributed by atoms with E-state index in [-0.39, 0.29) is 0 Å². The summed E-state index contributed by atoms with van der Waals surface area (Å²) in [5.74, 6) is 0.814. The van der Waals surface area contributed by atoms with E-state index in [9.17, 15) is 4.21 Å². The lowest BCUT2D eigenvalue weighted by Gasteiger charge is -2.03. The first-order chi connectivity index (χ1) is 4.68. The normalized spacial score (nSPS) is 14.0. The van der Waals surface area contributed by atoms with Crippen molar-refractivity contribution in [1.29, 1.82) is 0 Å². The molecule has 0 amide bonds. The molecular weight excluding hydrogens is 146 g/mol. The fourth-order valence-corrected chi connectivity index (χ4v) is 1.58. The van der Waals surface area contributed by atoms with Gasteiger partial charge in [-0.2, -0.15) is 0 Å². The molecule has 0 spiro atoms. The molecule has 0 fully saturated rings. The summed E-state index contributed by atoms with van der Waals surface area (Å²) >= 11 is 0. The van der Waals surface area contributed by atoms with Crippen molar-refractivity contribution in [1.82, 2.24) is 0 Å². The Morgan fingerprint density at radius 1 is 1.40 bits per heavy atom. The molecule has 0 heterocycles. The van der Waals surface area contributed by atoms with Crippen molar-refractivity contribution >= 4 is 10.8 Å². The van der Waals surface area contributed by atoms with E-state index in [1.165, 1.54) is 0 Å². The molecule has 0 aromatic heterocycles. The highest BCUT2D eigenvalue weighted by Gasteiger charge is 2.02. The summed E-state index contributed by atoms with van der Waals surface area (Å²) in [6.45, 7) is 4.69. The van der Waals surface area contributed by atoms with Crippen LogP contribution in [0.2, 0.25) is 0 Å². The van der Waals surface area contributed by atoms with Crippen LogP contribution in [-0.4, -0.2) is 21.8 Å². The molecule has 2 N–H and O–H groups in total. The van der Waals surface area contributed by atoms with Crippen molar-refractivity contribution in [3.05, 3.63) is 0 Å². The Morgan fingerprint density at radius 2 is 2.00 bits per heavy atom. The molecule has 0 saturated heterocycles. The van der Waals surface area contributed by atoms with Crippen LogP contribution in [0.25, 0.3) is 0 Å². The lowest BCUT2D eigenvalue weighted by atomic mass is 10.3. The SMILES string of the molecule is CC(C)S(=O)CCCCN. The maximum Gasteiger partial charge on any atom is 0.0291 e. The first-order valence-corrected chi connectivity index (χ1v) is 5.14. The summed E-state index contributed by atoms with van der Waals surface area (Å²) in [7, 11) is -0.629. The Morgan fingerprint density at radius 3 is 2.40 bits per heavy atom. The largest absolute Gasteiger partial charge is 0.330 e. The molecule has 0 saturated carbocycles. The van der Waals surface area contributed by atoms with Crippen LogP contribution in [0.1, 0.15) is 26.7 Å². The van der Waals surface area contributed by atoms with E-state index >= 15 is 0 Å². The van der Waals surface area contributed by atoms with Crippen LogP contribution in [0.3, 0.4) is 0 Å². The minimum atomic E-state index is -0.629. The molecule has 0 rings (SSSR count). The number of hydrogen-bond acceptors (Lipinski definition) is 2. The van der Waals surface area contributed by atoms with Crippen LogP contribution in [-0.2, 0) is 10.8 Å². The predicted molar refractivity (Wildman–Crippen MR) is 46.4 cm³/mol. The van der Waals surface area contributed by atoms with E-state index in [0.717, 1.165) is 25.1 Å². The summed E-state index contributed by atoms with van der Waals surface area (Å²) in [5.41, 5.74) is 5.29. The zero-order valence-electron chi connectivity index (χ0n) is 6.80. The van der Waals surface area contributed by atoms with Gasteiger partial charge in [-0.1, -0.05) is 13.8 Å². The summed E-state index contributed by atoms with van der Waals surface area (Å²) in [6, 6.07) is 0. The predicted octanol–water partition coefficient (Wildman–Crippen LogP) is 0.882. The van der Waals surface area contributed by atoms with Crippen LogP contribution in [0.15, 0.2) is 0 Å².